The molecule has 0 bridgehead atoms. The van der Waals surface area contributed by atoms with E-state index in [1.54, 1.807) is 13.8 Å². The van der Waals surface area contributed by atoms with Crippen LogP contribution in [0.25, 0.3) is 0 Å². The van der Waals surface area contributed by atoms with Crippen LogP contribution in [0.1, 0.15) is 19.5 Å². The average Bonchev–Trinajstić information content (AvgIpc) is 1.82. The molecule has 4 nitrogen and oxygen atoms in total. The van der Waals surface area contributed by atoms with Crippen LogP contribution in [0, 0.1) is 4.77 Å². The molecule has 0 fully saturated rings. The Morgan fingerprint density at radius 2 is 2.08 bits per heavy atom. The number of aromatic amines is 2. The summed E-state index contributed by atoms with van der Waals surface area (Å²) in [6, 6.07) is 1.41. The summed E-state index contributed by atoms with van der Waals surface area (Å²) in [5, 5.41) is 0. The molecule has 0 spiro atoms. The van der Waals surface area contributed by atoms with Crippen molar-refractivity contribution in [1.29, 1.82) is 0 Å². The molecular weight excluding hydrogens is 174 g/mol. The first-order chi connectivity index (χ1) is 5.39. The van der Waals surface area contributed by atoms with Gasteiger partial charge in [-0.3, -0.25) is 9.78 Å². The molecule has 1 rings (SSSR count). The first-order valence-electron chi connectivity index (χ1n) is 3.52. The number of hydrogen-bond acceptors (Lipinski definition) is 3. The zero-order valence-electron chi connectivity index (χ0n) is 6.97. The van der Waals surface area contributed by atoms with Gasteiger partial charge < -0.3 is 10.7 Å². The highest BCUT2D eigenvalue weighted by molar-refractivity contribution is 7.71. The summed E-state index contributed by atoms with van der Waals surface area (Å²) in [6.07, 6.45) is 0. The minimum atomic E-state index is -0.568. The van der Waals surface area contributed by atoms with Crippen LogP contribution in [0.4, 0.5) is 0 Å². The number of rotatable bonds is 1. The molecule has 0 saturated heterocycles. The van der Waals surface area contributed by atoms with E-state index < -0.39 is 5.54 Å². The van der Waals surface area contributed by atoms with E-state index in [1.807, 2.05) is 0 Å². The maximum Gasteiger partial charge on any atom is 0.251 e. The predicted octanol–water partition coefficient (Wildman–Crippen LogP) is 0.626. The number of aromatic nitrogens is 2. The Morgan fingerprint density at radius 1 is 1.50 bits per heavy atom. The number of nitrogens with two attached hydrogens (primary N) is 1. The Labute approximate surface area is 74.8 Å². The minimum absolute atomic E-state index is 0.229. The van der Waals surface area contributed by atoms with Crippen LogP contribution in [0.5, 0.6) is 0 Å². The lowest BCUT2D eigenvalue weighted by molar-refractivity contribution is 0.531. The smallest absolute Gasteiger partial charge is 0.251 e. The maximum atomic E-state index is 11.0. The topological polar surface area (TPSA) is 74.7 Å². The highest BCUT2D eigenvalue weighted by atomic mass is 32.1. The summed E-state index contributed by atoms with van der Waals surface area (Å²) in [6.45, 7) is 3.60. The summed E-state index contributed by atoms with van der Waals surface area (Å²) in [5.41, 5.74) is 5.60. The molecule has 0 saturated carbocycles. The molecular formula is C7H11N3OS. The van der Waals surface area contributed by atoms with Gasteiger partial charge in [-0.1, -0.05) is 0 Å². The van der Waals surface area contributed by atoms with Crippen LogP contribution >= 0.6 is 12.2 Å². The molecule has 0 aliphatic carbocycles. The molecule has 66 valence electrons. The quantitative estimate of drug-likeness (QED) is 0.562. The molecule has 1 aromatic heterocycles. The van der Waals surface area contributed by atoms with E-state index in [0.29, 0.717) is 10.5 Å². The van der Waals surface area contributed by atoms with Crippen molar-refractivity contribution in [3.63, 3.8) is 0 Å². The van der Waals surface area contributed by atoms with Crippen molar-refractivity contribution in [3.05, 3.63) is 26.9 Å². The Hall–Kier alpha value is -0.940. The first-order valence-corrected chi connectivity index (χ1v) is 3.93. The molecule has 0 unspecified atom stereocenters. The molecule has 0 amide bonds. The normalized spacial score (nSPS) is 11.6. The second-order valence-corrected chi connectivity index (χ2v) is 3.63. The number of H-pyrrole nitrogens is 2. The zero-order valence-corrected chi connectivity index (χ0v) is 7.79. The lowest BCUT2D eigenvalue weighted by Gasteiger charge is -2.17. The Kier molecular flexibility index (Phi) is 2.16. The molecule has 12 heavy (non-hydrogen) atoms. The van der Waals surface area contributed by atoms with Crippen molar-refractivity contribution < 1.29 is 0 Å². The van der Waals surface area contributed by atoms with Crippen molar-refractivity contribution in [3.8, 4) is 0 Å². The van der Waals surface area contributed by atoms with Gasteiger partial charge in [0.1, 0.15) is 0 Å². The number of nitrogens with one attached hydrogen (secondary N) is 2. The van der Waals surface area contributed by atoms with Gasteiger partial charge in [-0.15, -0.1) is 0 Å². The zero-order chi connectivity index (χ0) is 9.35. The highest BCUT2D eigenvalue weighted by Crippen LogP contribution is 2.10. The van der Waals surface area contributed by atoms with E-state index in [-0.39, 0.29) is 5.56 Å². The van der Waals surface area contributed by atoms with Crippen LogP contribution in [0.3, 0.4) is 0 Å². The van der Waals surface area contributed by atoms with Gasteiger partial charge >= 0.3 is 0 Å². The Morgan fingerprint density at radius 3 is 2.50 bits per heavy atom. The minimum Gasteiger partial charge on any atom is -0.334 e. The highest BCUT2D eigenvalue weighted by Gasteiger charge is 2.14. The van der Waals surface area contributed by atoms with Crippen LogP contribution in [-0.4, -0.2) is 9.97 Å². The lowest BCUT2D eigenvalue weighted by Crippen LogP contribution is -2.31. The van der Waals surface area contributed by atoms with Gasteiger partial charge in [0.15, 0.2) is 4.77 Å². The average molecular weight is 185 g/mol. The summed E-state index contributed by atoms with van der Waals surface area (Å²) in [4.78, 5) is 16.2. The second kappa shape index (κ2) is 2.84. The molecule has 0 aliphatic heterocycles. The molecule has 1 aromatic rings. The van der Waals surface area contributed by atoms with Gasteiger partial charge in [0.05, 0.1) is 5.54 Å². The molecule has 1 heterocycles. The van der Waals surface area contributed by atoms with Crippen molar-refractivity contribution in [2.45, 2.75) is 19.4 Å². The third-order valence-electron chi connectivity index (χ3n) is 1.45. The van der Waals surface area contributed by atoms with Gasteiger partial charge in [-0.2, -0.15) is 0 Å². The van der Waals surface area contributed by atoms with E-state index in [1.165, 1.54) is 6.07 Å². The van der Waals surface area contributed by atoms with Crippen molar-refractivity contribution >= 4 is 12.2 Å². The summed E-state index contributed by atoms with van der Waals surface area (Å²) in [7, 11) is 0. The van der Waals surface area contributed by atoms with Crippen LogP contribution < -0.4 is 11.3 Å². The fraction of sp³-hybridized carbons (Fsp3) is 0.429. The molecule has 5 heteroatoms. The fourth-order valence-corrected chi connectivity index (χ4v) is 1.03. The largest absolute Gasteiger partial charge is 0.334 e. The van der Waals surface area contributed by atoms with Gasteiger partial charge in [-0.25, -0.2) is 0 Å². The third kappa shape index (κ3) is 2.02. The summed E-state index contributed by atoms with van der Waals surface area (Å²) in [5.74, 6) is 0. The van der Waals surface area contributed by atoms with Crippen molar-refractivity contribution in [2.24, 2.45) is 5.73 Å². The van der Waals surface area contributed by atoms with Gasteiger partial charge in [0.2, 0.25) is 0 Å². The fourth-order valence-electron chi connectivity index (χ4n) is 0.816. The van der Waals surface area contributed by atoms with Gasteiger partial charge in [0, 0.05) is 11.8 Å². The summed E-state index contributed by atoms with van der Waals surface area (Å²) < 4.78 is 0.302. The van der Waals surface area contributed by atoms with E-state index in [9.17, 15) is 4.79 Å². The van der Waals surface area contributed by atoms with E-state index in [4.69, 9.17) is 18.0 Å². The molecule has 0 atom stereocenters. The van der Waals surface area contributed by atoms with Crippen molar-refractivity contribution in [2.75, 3.05) is 0 Å². The van der Waals surface area contributed by atoms with Crippen LogP contribution in [-0.2, 0) is 5.54 Å². The van der Waals surface area contributed by atoms with E-state index in [2.05, 4.69) is 9.97 Å². The van der Waals surface area contributed by atoms with Crippen LogP contribution in [0.15, 0.2) is 10.9 Å². The number of hydrogen-bond donors (Lipinski definition) is 3. The van der Waals surface area contributed by atoms with Gasteiger partial charge in [-0.05, 0) is 26.1 Å². The second-order valence-electron chi connectivity index (χ2n) is 3.22. The molecule has 0 aliphatic rings. The Balaban J connectivity index is 3.37. The monoisotopic (exact) mass is 185 g/mol. The van der Waals surface area contributed by atoms with E-state index in [0.717, 1.165) is 0 Å². The van der Waals surface area contributed by atoms with E-state index >= 15 is 0 Å². The predicted molar refractivity (Wildman–Crippen MR) is 49.5 cm³/mol. The maximum absolute atomic E-state index is 11.0. The van der Waals surface area contributed by atoms with Crippen LogP contribution in [0.2, 0.25) is 0 Å². The standard InChI is InChI=1S/C7H11N3OS/c1-7(2,8)4-3-5(11)10-6(12)9-4/h3H,8H2,1-2H3,(H2,9,10,11,12). The molecule has 4 N–H and O–H groups in total. The van der Waals surface area contributed by atoms with Crippen molar-refractivity contribution in [1.82, 2.24) is 9.97 Å². The lowest BCUT2D eigenvalue weighted by atomic mass is 10.0. The Bertz CT molecular complexity index is 356. The summed E-state index contributed by atoms with van der Waals surface area (Å²) >= 11 is 4.79. The van der Waals surface area contributed by atoms with Gasteiger partial charge in [0.25, 0.3) is 5.56 Å². The third-order valence-corrected chi connectivity index (χ3v) is 1.66. The first kappa shape index (κ1) is 9.15. The molecule has 0 radical (unpaired) electrons. The molecule has 0 aromatic carbocycles. The SMILES string of the molecule is CC(C)(N)c1cc(=O)[nH]c(=S)[nH]1.